The van der Waals surface area contributed by atoms with Gasteiger partial charge in [0.05, 0.1) is 21.3 Å². The lowest BCUT2D eigenvalue weighted by Gasteiger charge is -2.19. The Bertz CT molecular complexity index is 1740. The molecule has 0 aliphatic rings. The van der Waals surface area contributed by atoms with Gasteiger partial charge in [0, 0.05) is 24.7 Å². The molecule has 0 spiro atoms. The fraction of sp³-hybridized carbons (Fsp3) is 0.310. The summed E-state index contributed by atoms with van der Waals surface area (Å²) in [5, 5.41) is 8.67. The van der Waals surface area contributed by atoms with Gasteiger partial charge in [-0.2, -0.15) is 18.2 Å². The van der Waals surface area contributed by atoms with Crippen LogP contribution in [0.2, 0.25) is 10.0 Å². The van der Waals surface area contributed by atoms with E-state index in [0.717, 1.165) is 24.3 Å². The number of nitrogens with zero attached hydrogens (tertiary/aromatic N) is 3. The molecule has 0 aliphatic carbocycles. The van der Waals surface area contributed by atoms with E-state index in [1.807, 2.05) is 0 Å². The molecule has 9 nitrogen and oxygen atoms in total. The summed E-state index contributed by atoms with van der Waals surface area (Å²) in [5.41, 5.74) is -0.725. The van der Waals surface area contributed by atoms with Crippen molar-refractivity contribution in [1.82, 2.24) is 19.9 Å². The zero-order valence-corrected chi connectivity index (χ0v) is 25.8. The first kappa shape index (κ1) is 33.7. The van der Waals surface area contributed by atoms with Gasteiger partial charge in [-0.3, -0.25) is 14.2 Å². The molecule has 0 unspecified atom stereocenters. The van der Waals surface area contributed by atoms with Gasteiger partial charge >= 0.3 is 6.18 Å². The summed E-state index contributed by atoms with van der Waals surface area (Å²) in [4.78, 5) is 34.1. The highest BCUT2D eigenvalue weighted by Crippen LogP contribution is 2.36. The number of fused-ring (bicyclic) bond motifs is 1. The Hall–Kier alpha value is -4.17. The van der Waals surface area contributed by atoms with E-state index in [9.17, 15) is 31.5 Å². The van der Waals surface area contributed by atoms with Gasteiger partial charge in [0.2, 0.25) is 17.7 Å². The molecule has 0 bridgehead atoms. The average Bonchev–Trinajstić information content (AvgIpc) is 3.26. The topological polar surface area (TPSA) is 110 Å². The van der Waals surface area contributed by atoms with Crippen LogP contribution in [-0.4, -0.2) is 39.4 Å². The molecule has 2 heterocycles. The quantitative estimate of drug-likeness (QED) is 0.158. The van der Waals surface area contributed by atoms with Crippen LogP contribution in [0.4, 0.5) is 39.3 Å². The van der Waals surface area contributed by atoms with Crippen molar-refractivity contribution in [2.24, 2.45) is 12.5 Å². The number of alkyl halides is 5. The van der Waals surface area contributed by atoms with Crippen LogP contribution in [0.15, 0.2) is 42.5 Å². The van der Waals surface area contributed by atoms with Gasteiger partial charge in [0.25, 0.3) is 12.3 Å². The highest BCUT2D eigenvalue weighted by molar-refractivity contribution is 6.39. The van der Waals surface area contributed by atoms with Crippen molar-refractivity contribution in [2.75, 3.05) is 17.2 Å². The third-order valence-electron chi connectivity index (χ3n) is 6.40. The van der Waals surface area contributed by atoms with Crippen molar-refractivity contribution >= 4 is 63.5 Å². The van der Waals surface area contributed by atoms with Crippen LogP contribution in [0, 0.1) is 5.41 Å². The molecule has 2 aromatic heterocycles. The van der Waals surface area contributed by atoms with Gasteiger partial charge < -0.3 is 20.7 Å². The molecule has 240 valence electrons. The largest absolute Gasteiger partial charge is 0.471 e. The van der Waals surface area contributed by atoms with Gasteiger partial charge in [0.15, 0.2) is 12.3 Å². The highest BCUT2D eigenvalue weighted by atomic mass is 35.5. The first-order valence-corrected chi connectivity index (χ1v) is 14.0. The second kappa shape index (κ2) is 13.1. The maximum Gasteiger partial charge on any atom is 0.416 e. The first-order valence-electron chi connectivity index (χ1n) is 13.2. The number of rotatable bonds is 9. The molecule has 2 amide bonds. The number of nitrogens with one attached hydrogen (secondary N) is 3. The van der Waals surface area contributed by atoms with Gasteiger partial charge in [0.1, 0.15) is 11.1 Å². The summed E-state index contributed by atoms with van der Waals surface area (Å²) in [7, 11) is 1.55. The SMILES string of the molecule is Cn1c(Nc2c(Cl)ccc(CNC(=O)C(C)(C)C)c2Cl)nc2cc(C(=O)Nc3ccc(C(F)(F)F)cc3)c(OCC(F)F)nc21. The Balaban J connectivity index is 1.67. The van der Waals surface area contributed by atoms with Gasteiger partial charge in [-0.1, -0.05) is 50.0 Å². The van der Waals surface area contributed by atoms with E-state index in [4.69, 9.17) is 27.9 Å². The van der Waals surface area contributed by atoms with E-state index in [1.54, 1.807) is 40.0 Å². The van der Waals surface area contributed by atoms with Crippen LogP contribution in [0.3, 0.4) is 0 Å². The number of aromatic nitrogens is 3. The Morgan fingerprint density at radius 1 is 1.02 bits per heavy atom. The smallest absolute Gasteiger partial charge is 0.416 e. The summed E-state index contributed by atoms with van der Waals surface area (Å²) in [6.45, 7) is 4.35. The Morgan fingerprint density at radius 3 is 2.29 bits per heavy atom. The summed E-state index contributed by atoms with van der Waals surface area (Å²) >= 11 is 13.0. The van der Waals surface area contributed by atoms with Crippen LogP contribution in [0.25, 0.3) is 11.2 Å². The maximum atomic E-state index is 13.1. The van der Waals surface area contributed by atoms with E-state index in [-0.39, 0.29) is 56.5 Å². The number of amides is 2. The van der Waals surface area contributed by atoms with E-state index in [2.05, 4.69) is 25.9 Å². The number of ether oxygens (including phenoxy) is 1. The second-order valence-corrected chi connectivity index (χ2v) is 11.6. The molecular weight excluding hydrogens is 646 g/mol. The lowest BCUT2D eigenvalue weighted by molar-refractivity contribution is -0.137. The van der Waals surface area contributed by atoms with Crippen LogP contribution in [-0.2, 0) is 24.6 Å². The van der Waals surface area contributed by atoms with Crippen LogP contribution >= 0.6 is 23.2 Å². The van der Waals surface area contributed by atoms with E-state index < -0.39 is 42.0 Å². The number of hydrogen-bond donors (Lipinski definition) is 3. The number of pyridine rings is 1. The van der Waals surface area contributed by atoms with Gasteiger partial charge in [-0.05, 0) is 42.0 Å². The monoisotopic (exact) mass is 672 g/mol. The number of anilines is 3. The number of imidazole rings is 1. The molecule has 3 N–H and O–H groups in total. The normalized spacial score (nSPS) is 12.0. The summed E-state index contributed by atoms with van der Waals surface area (Å²) in [6.07, 6.45) is -7.46. The Labute approximate surface area is 264 Å². The lowest BCUT2D eigenvalue weighted by atomic mass is 9.95. The van der Waals surface area contributed by atoms with E-state index >= 15 is 0 Å². The van der Waals surface area contributed by atoms with Gasteiger partial charge in [-0.15, -0.1) is 0 Å². The lowest BCUT2D eigenvalue weighted by Crippen LogP contribution is -2.34. The number of benzene rings is 2. The van der Waals surface area contributed by atoms with Crippen LogP contribution in [0.5, 0.6) is 5.88 Å². The summed E-state index contributed by atoms with van der Waals surface area (Å²) in [5.74, 6) is -1.37. The minimum Gasteiger partial charge on any atom is -0.471 e. The zero-order chi connectivity index (χ0) is 33.3. The van der Waals surface area contributed by atoms with Crippen LogP contribution in [0.1, 0.15) is 42.3 Å². The minimum absolute atomic E-state index is 0.0131. The fourth-order valence-corrected chi connectivity index (χ4v) is 4.49. The van der Waals surface area contributed by atoms with E-state index in [0.29, 0.717) is 5.56 Å². The van der Waals surface area contributed by atoms with Crippen molar-refractivity contribution in [1.29, 1.82) is 0 Å². The molecule has 0 aliphatic heterocycles. The average molecular weight is 673 g/mol. The number of hydrogen-bond acceptors (Lipinski definition) is 6. The standard InChI is InChI=1S/C29H27Cl2F5N6O3/c1-28(2,3)26(44)37-12-14-5-10-18(30)22(21(14)31)40-27-39-19-11-17(25(45-13-20(32)33)41-23(19)42(27)4)24(43)38-16-8-6-15(7-9-16)29(34,35)36/h5-11,20H,12-13H2,1-4H3,(H,37,44)(H,38,43)(H,39,40). The van der Waals surface area contributed by atoms with Crippen molar-refractivity contribution in [3.05, 3.63) is 69.2 Å². The number of aryl methyl sites for hydroxylation is 1. The zero-order valence-electron chi connectivity index (χ0n) is 24.2. The molecule has 0 radical (unpaired) electrons. The second-order valence-electron chi connectivity index (χ2n) is 10.9. The van der Waals surface area contributed by atoms with Crippen molar-refractivity contribution < 1.29 is 36.3 Å². The predicted molar refractivity (Wildman–Crippen MR) is 160 cm³/mol. The summed E-state index contributed by atoms with van der Waals surface area (Å²) < 4.78 is 71.4. The molecule has 4 aromatic rings. The number of carbonyl (C=O) groups is 2. The summed E-state index contributed by atoms with van der Waals surface area (Å²) in [6, 6.07) is 8.14. The van der Waals surface area contributed by atoms with Gasteiger partial charge in [-0.25, -0.2) is 13.8 Å². The molecule has 0 saturated carbocycles. The molecule has 2 aromatic carbocycles. The first-order chi connectivity index (χ1) is 21.0. The van der Waals surface area contributed by atoms with E-state index in [1.165, 1.54) is 10.6 Å². The predicted octanol–water partition coefficient (Wildman–Crippen LogP) is 7.60. The molecule has 0 fully saturated rings. The Kier molecular flexibility index (Phi) is 9.78. The molecule has 0 atom stereocenters. The molecule has 4 rings (SSSR count). The van der Waals surface area contributed by atoms with Crippen LogP contribution < -0.4 is 20.7 Å². The van der Waals surface area contributed by atoms with Crippen molar-refractivity contribution in [3.8, 4) is 5.88 Å². The highest BCUT2D eigenvalue weighted by Gasteiger charge is 2.30. The number of carbonyl (C=O) groups excluding carboxylic acids is 2. The molecule has 0 saturated heterocycles. The molecule has 16 heteroatoms. The third kappa shape index (κ3) is 7.92. The fourth-order valence-electron chi connectivity index (χ4n) is 3.96. The van der Waals surface area contributed by atoms with Crippen molar-refractivity contribution in [3.63, 3.8) is 0 Å². The molecule has 45 heavy (non-hydrogen) atoms. The molecular formula is C29H27Cl2F5N6O3. The van der Waals surface area contributed by atoms with Crippen molar-refractivity contribution in [2.45, 2.75) is 39.9 Å². The maximum absolute atomic E-state index is 13.1. The minimum atomic E-state index is -4.57. The Morgan fingerprint density at radius 2 is 1.69 bits per heavy atom. The number of halogens is 7. The third-order valence-corrected chi connectivity index (χ3v) is 7.15.